The first kappa shape index (κ1) is 12.8. The van der Waals surface area contributed by atoms with Gasteiger partial charge in [0.05, 0.1) is 6.54 Å². The average Bonchev–Trinajstić information content (AvgIpc) is 2.56. The Morgan fingerprint density at radius 1 is 1.62 bits per heavy atom. The molecule has 0 saturated carbocycles. The number of cyclic esters (lactones) is 1. The predicted octanol–water partition coefficient (Wildman–Crippen LogP) is 1.13. The van der Waals surface area contributed by atoms with Crippen LogP contribution in [-0.4, -0.2) is 43.1 Å². The summed E-state index contributed by atoms with van der Waals surface area (Å²) in [4.78, 5) is 23.9. The Bertz CT molecular complexity index is 256. The van der Waals surface area contributed by atoms with Crippen molar-refractivity contribution < 1.29 is 14.3 Å². The lowest BCUT2D eigenvalue weighted by Crippen LogP contribution is -2.26. The van der Waals surface area contributed by atoms with Gasteiger partial charge >= 0.3 is 6.09 Å². The zero-order valence-electron chi connectivity index (χ0n) is 9.99. The lowest BCUT2D eigenvalue weighted by Gasteiger charge is -2.08. The summed E-state index contributed by atoms with van der Waals surface area (Å²) < 4.78 is 5.06. The summed E-state index contributed by atoms with van der Waals surface area (Å²) in [6.45, 7) is 3.40. The molecule has 2 amide bonds. The van der Waals surface area contributed by atoms with Crippen LogP contribution >= 0.6 is 0 Å². The second-order valence-corrected chi connectivity index (χ2v) is 4.13. The van der Waals surface area contributed by atoms with Gasteiger partial charge in [-0.3, -0.25) is 4.79 Å². The summed E-state index contributed by atoms with van der Waals surface area (Å²) in [5, 5.41) is 2.84. The summed E-state index contributed by atoms with van der Waals surface area (Å²) in [5.41, 5.74) is 0. The van der Waals surface area contributed by atoms with Crippen molar-refractivity contribution in [3.05, 3.63) is 0 Å². The quantitative estimate of drug-likeness (QED) is 0.693. The fraction of sp³-hybridized carbons (Fsp3) is 0.818. The molecule has 16 heavy (non-hydrogen) atoms. The number of likely N-dealkylation sites (N-methyl/N-ethyl adjacent to an activating group) is 1. The Labute approximate surface area is 96.1 Å². The summed E-state index contributed by atoms with van der Waals surface area (Å²) >= 11 is 0. The molecule has 5 heteroatoms. The molecule has 1 unspecified atom stereocenters. The monoisotopic (exact) mass is 228 g/mol. The molecule has 0 aromatic heterocycles. The van der Waals surface area contributed by atoms with E-state index in [2.05, 4.69) is 12.2 Å². The first-order chi connectivity index (χ1) is 7.63. The van der Waals surface area contributed by atoms with Crippen molar-refractivity contribution in [2.45, 2.75) is 38.7 Å². The zero-order valence-corrected chi connectivity index (χ0v) is 9.99. The molecule has 1 aliphatic heterocycles. The highest BCUT2D eigenvalue weighted by Gasteiger charge is 2.28. The van der Waals surface area contributed by atoms with E-state index < -0.39 is 0 Å². The number of unbranched alkanes of at least 4 members (excludes halogenated alkanes) is 1. The summed E-state index contributed by atoms with van der Waals surface area (Å²) in [7, 11) is 1.70. The van der Waals surface area contributed by atoms with Crippen LogP contribution in [0, 0.1) is 0 Å². The second kappa shape index (κ2) is 6.35. The van der Waals surface area contributed by atoms with Crippen LogP contribution in [0.15, 0.2) is 0 Å². The van der Waals surface area contributed by atoms with Gasteiger partial charge in [0.2, 0.25) is 5.91 Å². The summed E-state index contributed by atoms with van der Waals surface area (Å²) in [6, 6.07) is 0. The van der Waals surface area contributed by atoms with E-state index in [1.807, 2.05) is 0 Å². The van der Waals surface area contributed by atoms with Gasteiger partial charge in [-0.15, -0.1) is 0 Å². The molecule has 0 aromatic rings. The third kappa shape index (κ3) is 4.08. The number of rotatable bonds is 6. The lowest BCUT2D eigenvalue weighted by atomic mass is 10.2. The van der Waals surface area contributed by atoms with Crippen molar-refractivity contribution in [2.24, 2.45) is 0 Å². The van der Waals surface area contributed by atoms with Gasteiger partial charge in [-0.05, 0) is 12.8 Å². The summed E-state index contributed by atoms with van der Waals surface area (Å²) in [6.07, 6.45) is 2.69. The largest absolute Gasteiger partial charge is 0.444 e. The minimum atomic E-state index is -0.295. The van der Waals surface area contributed by atoms with Gasteiger partial charge in [0.25, 0.3) is 0 Å². The van der Waals surface area contributed by atoms with Gasteiger partial charge in [0.1, 0.15) is 6.10 Å². The SMILES string of the molecule is CCCCNC(=O)CCC1CN(C)C(=O)O1. The number of ether oxygens (including phenoxy) is 1. The molecule has 0 spiro atoms. The van der Waals surface area contributed by atoms with E-state index >= 15 is 0 Å². The topological polar surface area (TPSA) is 58.6 Å². The van der Waals surface area contributed by atoms with Crippen LogP contribution in [0.5, 0.6) is 0 Å². The van der Waals surface area contributed by atoms with Crippen LogP contribution in [0.2, 0.25) is 0 Å². The maximum atomic E-state index is 11.4. The van der Waals surface area contributed by atoms with Crippen LogP contribution in [0.1, 0.15) is 32.6 Å². The number of amides is 2. The molecule has 0 bridgehead atoms. The number of hydrogen-bond donors (Lipinski definition) is 1. The molecular formula is C11H20N2O3. The summed E-state index contributed by atoms with van der Waals surface area (Å²) in [5.74, 6) is 0.0408. The standard InChI is InChI=1S/C11H20N2O3/c1-3-4-7-12-10(14)6-5-9-8-13(2)11(15)16-9/h9H,3-8H2,1-2H3,(H,12,14). The molecule has 0 aromatic carbocycles. The minimum absolute atomic E-state index is 0.0408. The van der Waals surface area contributed by atoms with Gasteiger partial charge in [-0.2, -0.15) is 0 Å². The molecule has 1 saturated heterocycles. The third-order valence-corrected chi connectivity index (χ3v) is 2.60. The maximum absolute atomic E-state index is 11.4. The van der Waals surface area contributed by atoms with Crippen LogP contribution < -0.4 is 5.32 Å². The normalized spacial score (nSPS) is 19.8. The smallest absolute Gasteiger partial charge is 0.409 e. The van der Waals surface area contributed by atoms with E-state index in [4.69, 9.17) is 4.74 Å². The molecule has 0 radical (unpaired) electrons. The van der Waals surface area contributed by atoms with Gasteiger partial charge in [-0.25, -0.2) is 4.79 Å². The van der Waals surface area contributed by atoms with Crippen molar-refractivity contribution in [1.82, 2.24) is 10.2 Å². The first-order valence-electron chi connectivity index (χ1n) is 5.82. The number of nitrogens with one attached hydrogen (secondary N) is 1. The fourth-order valence-corrected chi connectivity index (χ4v) is 1.59. The van der Waals surface area contributed by atoms with E-state index in [1.54, 1.807) is 7.05 Å². The van der Waals surface area contributed by atoms with E-state index in [0.29, 0.717) is 19.4 Å². The van der Waals surface area contributed by atoms with Gasteiger partial charge in [0.15, 0.2) is 0 Å². The molecule has 5 nitrogen and oxygen atoms in total. The molecule has 1 heterocycles. The Hall–Kier alpha value is -1.26. The highest BCUT2D eigenvalue weighted by Crippen LogP contribution is 2.13. The highest BCUT2D eigenvalue weighted by atomic mass is 16.6. The number of hydrogen-bond acceptors (Lipinski definition) is 3. The Morgan fingerprint density at radius 3 is 2.94 bits per heavy atom. The fourth-order valence-electron chi connectivity index (χ4n) is 1.59. The predicted molar refractivity (Wildman–Crippen MR) is 60.1 cm³/mol. The van der Waals surface area contributed by atoms with E-state index in [1.165, 1.54) is 4.90 Å². The average molecular weight is 228 g/mol. The highest BCUT2D eigenvalue weighted by molar-refractivity contribution is 5.76. The molecule has 1 rings (SSSR count). The molecular weight excluding hydrogens is 208 g/mol. The van der Waals surface area contributed by atoms with Crippen molar-refractivity contribution in [1.29, 1.82) is 0 Å². The van der Waals surface area contributed by atoms with Crippen LogP contribution in [0.3, 0.4) is 0 Å². The number of carbonyl (C=O) groups excluding carboxylic acids is 2. The molecule has 1 aliphatic rings. The lowest BCUT2D eigenvalue weighted by molar-refractivity contribution is -0.121. The van der Waals surface area contributed by atoms with Gasteiger partial charge < -0.3 is 15.0 Å². The third-order valence-electron chi connectivity index (χ3n) is 2.60. The molecule has 1 fully saturated rings. The molecule has 1 atom stereocenters. The van der Waals surface area contributed by atoms with Crippen molar-refractivity contribution in [3.8, 4) is 0 Å². The first-order valence-corrected chi connectivity index (χ1v) is 5.82. The Morgan fingerprint density at radius 2 is 2.38 bits per heavy atom. The molecule has 0 aliphatic carbocycles. The van der Waals surface area contributed by atoms with Gasteiger partial charge in [-0.1, -0.05) is 13.3 Å². The van der Waals surface area contributed by atoms with Crippen molar-refractivity contribution in [3.63, 3.8) is 0 Å². The van der Waals surface area contributed by atoms with Crippen molar-refractivity contribution in [2.75, 3.05) is 20.1 Å². The van der Waals surface area contributed by atoms with Crippen LogP contribution in [-0.2, 0) is 9.53 Å². The molecule has 92 valence electrons. The number of carbonyl (C=O) groups is 2. The maximum Gasteiger partial charge on any atom is 0.409 e. The van der Waals surface area contributed by atoms with Crippen molar-refractivity contribution >= 4 is 12.0 Å². The Balaban J connectivity index is 2.10. The minimum Gasteiger partial charge on any atom is -0.444 e. The van der Waals surface area contributed by atoms with Gasteiger partial charge in [0, 0.05) is 20.0 Å². The number of nitrogens with zero attached hydrogens (tertiary/aromatic N) is 1. The van der Waals surface area contributed by atoms with E-state index in [-0.39, 0.29) is 18.1 Å². The van der Waals surface area contributed by atoms with E-state index in [9.17, 15) is 9.59 Å². The van der Waals surface area contributed by atoms with E-state index in [0.717, 1.165) is 19.4 Å². The zero-order chi connectivity index (χ0) is 12.0. The molecule has 1 N–H and O–H groups in total. The Kier molecular flexibility index (Phi) is 5.08. The van der Waals surface area contributed by atoms with Crippen LogP contribution in [0.25, 0.3) is 0 Å². The second-order valence-electron chi connectivity index (χ2n) is 4.13. The van der Waals surface area contributed by atoms with Crippen LogP contribution in [0.4, 0.5) is 4.79 Å².